The molecule has 2 nitrogen and oxygen atoms in total. The molecular formula is C13H9ClFNO. The largest absolute Gasteiger partial charge is 0.453 e. The van der Waals surface area contributed by atoms with Gasteiger partial charge in [0.25, 0.3) is 0 Å². The highest BCUT2D eigenvalue weighted by Crippen LogP contribution is 2.40. The SMILES string of the molecule is Fc1ccc(Cl)c2c1CNc1ccccc1O2. The van der Waals surface area contributed by atoms with Crippen molar-refractivity contribution >= 4 is 17.3 Å². The average molecular weight is 250 g/mol. The number of fused-ring (bicyclic) bond motifs is 2. The third-order valence-corrected chi connectivity index (χ3v) is 3.01. The van der Waals surface area contributed by atoms with E-state index in [-0.39, 0.29) is 5.82 Å². The molecule has 2 aromatic carbocycles. The summed E-state index contributed by atoms with van der Waals surface area (Å²) in [6, 6.07) is 10.3. The maximum Gasteiger partial charge on any atom is 0.154 e. The topological polar surface area (TPSA) is 21.3 Å². The summed E-state index contributed by atoms with van der Waals surface area (Å²) in [5.41, 5.74) is 1.29. The first-order chi connectivity index (χ1) is 8.25. The lowest BCUT2D eigenvalue weighted by atomic mass is 10.2. The highest BCUT2D eigenvalue weighted by atomic mass is 35.5. The Kier molecular flexibility index (Phi) is 2.41. The van der Waals surface area contributed by atoms with Gasteiger partial charge in [0.2, 0.25) is 0 Å². The van der Waals surface area contributed by atoms with Crippen molar-refractivity contribution in [3.8, 4) is 11.5 Å². The number of rotatable bonds is 0. The fraction of sp³-hybridized carbons (Fsp3) is 0.0769. The molecule has 0 fully saturated rings. The van der Waals surface area contributed by atoms with E-state index < -0.39 is 0 Å². The van der Waals surface area contributed by atoms with Crippen LogP contribution in [0.4, 0.5) is 10.1 Å². The molecule has 86 valence electrons. The summed E-state index contributed by atoms with van der Waals surface area (Å²) < 4.78 is 19.4. The van der Waals surface area contributed by atoms with Gasteiger partial charge in [-0.05, 0) is 24.3 Å². The zero-order chi connectivity index (χ0) is 11.8. The Morgan fingerprint density at radius 2 is 2.00 bits per heavy atom. The first-order valence-corrected chi connectivity index (χ1v) is 5.61. The molecule has 0 radical (unpaired) electrons. The number of hydrogen-bond acceptors (Lipinski definition) is 2. The number of nitrogens with one attached hydrogen (secondary N) is 1. The van der Waals surface area contributed by atoms with Crippen molar-refractivity contribution in [1.29, 1.82) is 0 Å². The van der Waals surface area contributed by atoms with Gasteiger partial charge in [-0.15, -0.1) is 0 Å². The zero-order valence-electron chi connectivity index (χ0n) is 8.84. The Bertz CT molecular complexity index is 586. The second kappa shape index (κ2) is 3.93. The van der Waals surface area contributed by atoms with Gasteiger partial charge in [-0.2, -0.15) is 0 Å². The van der Waals surface area contributed by atoms with E-state index in [9.17, 15) is 4.39 Å². The summed E-state index contributed by atoms with van der Waals surface area (Å²) in [5, 5.41) is 3.54. The summed E-state index contributed by atoms with van der Waals surface area (Å²) in [6.45, 7) is 0.360. The molecule has 3 rings (SSSR count). The van der Waals surface area contributed by atoms with Crippen molar-refractivity contribution in [3.05, 3.63) is 52.8 Å². The van der Waals surface area contributed by atoms with Crippen molar-refractivity contribution in [3.63, 3.8) is 0 Å². The molecule has 0 spiro atoms. The van der Waals surface area contributed by atoms with E-state index in [0.717, 1.165) is 5.69 Å². The molecule has 0 aliphatic carbocycles. The highest BCUT2D eigenvalue weighted by Gasteiger charge is 2.19. The molecule has 1 aliphatic rings. The molecule has 0 amide bonds. The molecule has 1 aliphatic heterocycles. The molecule has 0 saturated carbocycles. The van der Waals surface area contributed by atoms with Crippen LogP contribution in [0.2, 0.25) is 5.02 Å². The summed E-state index contributed by atoms with van der Waals surface area (Å²) in [4.78, 5) is 0. The fourth-order valence-electron chi connectivity index (χ4n) is 1.85. The van der Waals surface area contributed by atoms with Gasteiger partial charge in [0.1, 0.15) is 5.82 Å². The summed E-state index contributed by atoms with van der Waals surface area (Å²) in [6.07, 6.45) is 0. The van der Waals surface area contributed by atoms with Crippen LogP contribution in [0.5, 0.6) is 11.5 Å². The monoisotopic (exact) mass is 249 g/mol. The van der Waals surface area contributed by atoms with Crippen LogP contribution in [0.1, 0.15) is 5.56 Å². The van der Waals surface area contributed by atoms with Gasteiger partial charge >= 0.3 is 0 Å². The number of benzene rings is 2. The maximum atomic E-state index is 13.7. The van der Waals surface area contributed by atoms with E-state index in [4.69, 9.17) is 16.3 Å². The molecule has 17 heavy (non-hydrogen) atoms. The van der Waals surface area contributed by atoms with E-state index in [2.05, 4.69) is 5.32 Å². The standard InChI is InChI=1S/C13H9ClFNO/c14-9-5-6-10(15)8-7-16-11-3-1-2-4-12(11)17-13(8)9/h1-6,16H,7H2. The Morgan fingerprint density at radius 3 is 2.88 bits per heavy atom. The van der Waals surface area contributed by atoms with Gasteiger partial charge < -0.3 is 10.1 Å². The molecule has 1 heterocycles. The van der Waals surface area contributed by atoms with Crippen molar-refractivity contribution < 1.29 is 9.13 Å². The van der Waals surface area contributed by atoms with Crippen LogP contribution < -0.4 is 10.1 Å². The van der Waals surface area contributed by atoms with Crippen LogP contribution in [-0.2, 0) is 6.54 Å². The minimum Gasteiger partial charge on any atom is -0.453 e. The van der Waals surface area contributed by atoms with Crippen LogP contribution in [0.15, 0.2) is 36.4 Å². The Hall–Kier alpha value is -1.74. The lowest BCUT2D eigenvalue weighted by Gasteiger charge is -2.09. The van der Waals surface area contributed by atoms with Gasteiger partial charge in [-0.25, -0.2) is 4.39 Å². The Labute approximate surface area is 103 Å². The van der Waals surface area contributed by atoms with E-state index >= 15 is 0 Å². The minimum atomic E-state index is -0.315. The van der Waals surface area contributed by atoms with Crippen molar-refractivity contribution in [2.75, 3.05) is 5.32 Å². The van der Waals surface area contributed by atoms with Gasteiger partial charge in [0.15, 0.2) is 11.5 Å². The zero-order valence-corrected chi connectivity index (χ0v) is 9.59. The lowest BCUT2D eigenvalue weighted by molar-refractivity contribution is 0.476. The quantitative estimate of drug-likeness (QED) is 0.756. The van der Waals surface area contributed by atoms with Crippen LogP contribution in [0, 0.1) is 5.82 Å². The molecule has 1 N–H and O–H groups in total. The van der Waals surface area contributed by atoms with Gasteiger partial charge in [-0.1, -0.05) is 23.7 Å². The number of para-hydroxylation sites is 2. The van der Waals surface area contributed by atoms with E-state index in [1.165, 1.54) is 12.1 Å². The summed E-state index contributed by atoms with van der Waals surface area (Å²) in [5.74, 6) is 0.729. The first kappa shape index (κ1) is 10.4. The first-order valence-electron chi connectivity index (χ1n) is 5.23. The average Bonchev–Trinajstić information content (AvgIpc) is 2.54. The third-order valence-electron chi connectivity index (χ3n) is 2.71. The van der Waals surface area contributed by atoms with E-state index in [1.807, 2.05) is 24.3 Å². The molecule has 0 unspecified atom stereocenters. The molecule has 0 saturated heterocycles. The van der Waals surface area contributed by atoms with Crippen molar-refractivity contribution in [2.45, 2.75) is 6.54 Å². The molecule has 0 bridgehead atoms. The third kappa shape index (κ3) is 1.72. The summed E-state index contributed by atoms with van der Waals surface area (Å²) >= 11 is 6.03. The molecular weight excluding hydrogens is 241 g/mol. The van der Waals surface area contributed by atoms with Crippen LogP contribution in [0.25, 0.3) is 0 Å². The predicted molar refractivity (Wildman–Crippen MR) is 65.3 cm³/mol. The van der Waals surface area contributed by atoms with E-state index in [1.54, 1.807) is 0 Å². The normalized spacial score (nSPS) is 12.8. The van der Waals surface area contributed by atoms with Crippen molar-refractivity contribution in [1.82, 2.24) is 0 Å². The van der Waals surface area contributed by atoms with Crippen molar-refractivity contribution in [2.24, 2.45) is 0 Å². The number of halogens is 2. The van der Waals surface area contributed by atoms with Gasteiger partial charge in [-0.3, -0.25) is 0 Å². The van der Waals surface area contributed by atoms with Gasteiger partial charge in [0, 0.05) is 6.54 Å². The predicted octanol–water partition coefficient (Wildman–Crippen LogP) is 4.20. The maximum absolute atomic E-state index is 13.7. The second-order valence-corrected chi connectivity index (χ2v) is 4.20. The Morgan fingerprint density at radius 1 is 1.18 bits per heavy atom. The summed E-state index contributed by atoms with van der Waals surface area (Å²) in [7, 11) is 0. The molecule has 0 aromatic heterocycles. The highest BCUT2D eigenvalue weighted by molar-refractivity contribution is 6.32. The number of ether oxygens (including phenoxy) is 1. The number of anilines is 1. The molecule has 4 heteroatoms. The smallest absolute Gasteiger partial charge is 0.154 e. The Balaban J connectivity index is 2.17. The van der Waals surface area contributed by atoms with Crippen LogP contribution >= 0.6 is 11.6 Å². The lowest BCUT2D eigenvalue weighted by Crippen LogP contribution is -2.00. The van der Waals surface area contributed by atoms with Gasteiger partial charge in [0.05, 0.1) is 16.3 Å². The second-order valence-electron chi connectivity index (χ2n) is 3.79. The molecule has 2 aromatic rings. The van der Waals surface area contributed by atoms with Crippen LogP contribution in [-0.4, -0.2) is 0 Å². The number of hydrogen-bond donors (Lipinski definition) is 1. The van der Waals surface area contributed by atoms with Crippen LogP contribution in [0.3, 0.4) is 0 Å². The van der Waals surface area contributed by atoms with E-state index in [0.29, 0.717) is 28.6 Å². The molecule has 0 atom stereocenters. The fourth-order valence-corrected chi connectivity index (χ4v) is 2.06. The minimum absolute atomic E-state index is 0.315.